The number of methoxy groups -OCH3 is 1. The molecule has 4 rings (SSSR count). The number of nitrogens with one attached hydrogen (secondary N) is 1. The molecule has 30 heavy (non-hydrogen) atoms. The average Bonchev–Trinajstić information content (AvgIpc) is 3.18. The van der Waals surface area contributed by atoms with Crippen LogP contribution in [0.1, 0.15) is 17.3 Å². The zero-order valence-electron chi connectivity index (χ0n) is 16.3. The van der Waals surface area contributed by atoms with Crippen molar-refractivity contribution in [3.63, 3.8) is 0 Å². The highest BCUT2D eigenvalue weighted by Gasteiger charge is 2.21. The molecule has 0 radical (unpaired) electrons. The van der Waals surface area contributed by atoms with E-state index in [1.165, 1.54) is 6.07 Å². The Hall–Kier alpha value is -4.07. The van der Waals surface area contributed by atoms with E-state index in [2.05, 4.69) is 15.2 Å². The number of phenolic OH excluding ortho intramolecular Hbond substituents is 1. The maximum atomic E-state index is 12.1. The molecule has 2 aromatic carbocycles. The molecule has 0 bridgehead atoms. The molecule has 0 aliphatic heterocycles. The highest BCUT2D eigenvalue weighted by molar-refractivity contribution is 6.08. The smallest absolute Gasteiger partial charge is 0.336 e. The van der Waals surface area contributed by atoms with Crippen LogP contribution in [0.5, 0.6) is 17.2 Å². The highest BCUT2D eigenvalue weighted by atomic mass is 16.5. The number of aromatic hydroxyl groups is 1. The van der Waals surface area contributed by atoms with E-state index in [4.69, 9.17) is 9.47 Å². The summed E-state index contributed by atoms with van der Waals surface area (Å²) in [5.74, 6) is -0.303. The fourth-order valence-electron chi connectivity index (χ4n) is 3.32. The number of nitrogens with zero attached hydrogens (tertiary/aromatic N) is 2. The SMILES string of the molecule is CCOc1cccc(-c2cc(C(=O)O)c3c(-c4cccc(OC)c4)[nH]nc3n2)c1O. The second-order valence-corrected chi connectivity index (χ2v) is 6.47. The van der Waals surface area contributed by atoms with Gasteiger partial charge in [0.25, 0.3) is 0 Å². The molecule has 0 fully saturated rings. The van der Waals surface area contributed by atoms with Crippen LogP contribution in [0.25, 0.3) is 33.5 Å². The number of para-hydroxylation sites is 1. The largest absolute Gasteiger partial charge is 0.504 e. The third-order valence-corrected chi connectivity index (χ3v) is 4.69. The van der Waals surface area contributed by atoms with E-state index >= 15 is 0 Å². The van der Waals surface area contributed by atoms with Crippen molar-refractivity contribution in [3.8, 4) is 39.8 Å². The second-order valence-electron chi connectivity index (χ2n) is 6.47. The van der Waals surface area contributed by atoms with Crippen LogP contribution in [0.15, 0.2) is 48.5 Å². The van der Waals surface area contributed by atoms with Gasteiger partial charge >= 0.3 is 5.97 Å². The van der Waals surface area contributed by atoms with E-state index in [-0.39, 0.29) is 22.7 Å². The Bertz CT molecular complexity index is 1250. The van der Waals surface area contributed by atoms with E-state index in [0.717, 1.165) is 5.56 Å². The standard InChI is InChI=1S/C22H19N3O5/c1-3-30-17-9-5-8-14(20(17)26)16-11-15(22(27)28)18-19(24-25-21(18)23-16)12-6-4-7-13(10-12)29-2/h4-11,26H,3H2,1-2H3,(H,27,28)(H,23,24,25). The van der Waals surface area contributed by atoms with Crippen LogP contribution >= 0.6 is 0 Å². The number of aromatic amines is 1. The van der Waals surface area contributed by atoms with Crippen molar-refractivity contribution >= 4 is 17.0 Å². The molecule has 2 aromatic heterocycles. The van der Waals surface area contributed by atoms with Crippen molar-refractivity contribution in [2.24, 2.45) is 0 Å². The highest BCUT2D eigenvalue weighted by Crippen LogP contribution is 2.38. The number of ether oxygens (including phenoxy) is 2. The molecule has 152 valence electrons. The summed E-state index contributed by atoms with van der Waals surface area (Å²) in [5, 5.41) is 27.9. The lowest BCUT2D eigenvalue weighted by atomic mass is 10.0. The minimum Gasteiger partial charge on any atom is -0.504 e. The van der Waals surface area contributed by atoms with Crippen LogP contribution in [0, 0.1) is 0 Å². The monoisotopic (exact) mass is 405 g/mol. The number of H-pyrrole nitrogens is 1. The Balaban J connectivity index is 1.93. The Kier molecular flexibility index (Phi) is 4.97. The summed E-state index contributed by atoms with van der Waals surface area (Å²) in [7, 11) is 1.56. The summed E-state index contributed by atoms with van der Waals surface area (Å²) in [6, 6.07) is 13.6. The number of rotatable bonds is 6. The zero-order chi connectivity index (χ0) is 21.3. The molecule has 0 unspecified atom stereocenters. The lowest BCUT2D eigenvalue weighted by Gasteiger charge is -2.11. The van der Waals surface area contributed by atoms with Gasteiger partial charge in [0.1, 0.15) is 5.75 Å². The van der Waals surface area contributed by atoms with Gasteiger partial charge in [-0.1, -0.05) is 18.2 Å². The van der Waals surface area contributed by atoms with Crippen molar-refractivity contribution in [2.45, 2.75) is 6.92 Å². The Morgan fingerprint density at radius 2 is 1.97 bits per heavy atom. The van der Waals surface area contributed by atoms with E-state index in [1.807, 2.05) is 13.0 Å². The third-order valence-electron chi connectivity index (χ3n) is 4.69. The Morgan fingerprint density at radius 1 is 1.17 bits per heavy atom. The molecule has 0 aliphatic rings. The molecule has 0 atom stereocenters. The van der Waals surface area contributed by atoms with Gasteiger partial charge in [0.15, 0.2) is 17.1 Å². The molecule has 4 aromatic rings. The number of pyridine rings is 1. The quantitative estimate of drug-likeness (QED) is 0.442. The van der Waals surface area contributed by atoms with Crippen molar-refractivity contribution in [3.05, 3.63) is 54.1 Å². The first-order valence-corrected chi connectivity index (χ1v) is 9.25. The van der Waals surface area contributed by atoms with Crippen LogP contribution in [-0.2, 0) is 0 Å². The first kappa shape index (κ1) is 19.3. The van der Waals surface area contributed by atoms with E-state index < -0.39 is 5.97 Å². The first-order valence-electron chi connectivity index (χ1n) is 9.25. The number of phenols is 1. The number of aromatic nitrogens is 3. The molecule has 2 heterocycles. The van der Waals surface area contributed by atoms with Crippen molar-refractivity contribution in [2.75, 3.05) is 13.7 Å². The number of aromatic carboxylic acids is 1. The van der Waals surface area contributed by atoms with Crippen LogP contribution in [0.4, 0.5) is 0 Å². The second kappa shape index (κ2) is 7.75. The fourth-order valence-corrected chi connectivity index (χ4v) is 3.32. The predicted octanol–water partition coefficient (Wildman–Crippen LogP) is 4.10. The summed E-state index contributed by atoms with van der Waals surface area (Å²) in [5.41, 5.74) is 2.12. The maximum Gasteiger partial charge on any atom is 0.336 e. The molecule has 8 nitrogen and oxygen atoms in total. The van der Waals surface area contributed by atoms with E-state index in [1.54, 1.807) is 43.5 Å². The van der Waals surface area contributed by atoms with Crippen molar-refractivity contribution < 1.29 is 24.5 Å². The van der Waals surface area contributed by atoms with Gasteiger partial charge in [0.05, 0.1) is 36.1 Å². The summed E-state index contributed by atoms with van der Waals surface area (Å²) in [6.07, 6.45) is 0. The van der Waals surface area contributed by atoms with Gasteiger partial charge < -0.3 is 19.7 Å². The van der Waals surface area contributed by atoms with Crippen LogP contribution in [0.2, 0.25) is 0 Å². The fraction of sp³-hybridized carbons (Fsp3) is 0.136. The predicted molar refractivity (Wildman–Crippen MR) is 111 cm³/mol. The topological polar surface area (TPSA) is 118 Å². The summed E-state index contributed by atoms with van der Waals surface area (Å²) >= 11 is 0. The Labute approximate surface area is 171 Å². The maximum absolute atomic E-state index is 12.1. The lowest BCUT2D eigenvalue weighted by Crippen LogP contribution is -2.01. The summed E-state index contributed by atoms with van der Waals surface area (Å²) in [6.45, 7) is 2.19. The van der Waals surface area contributed by atoms with Crippen LogP contribution < -0.4 is 9.47 Å². The number of carboxylic acid groups (broad SMARTS) is 1. The molecular weight excluding hydrogens is 386 g/mol. The number of hydrogen-bond acceptors (Lipinski definition) is 6. The van der Waals surface area contributed by atoms with Gasteiger partial charge in [-0.3, -0.25) is 5.10 Å². The summed E-state index contributed by atoms with van der Waals surface area (Å²) < 4.78 is 10.7. The van der Waals surface area contributed by atoms with Gasteiger partial charge in [-0.15, -0.1) is 0 Å². The third kappa shape index (κ3) is 3.28. The van der Waals surface area contributed by atoms with E-state index in [9.17, 15) is 15.0 Å². The molecule has 0 amide bonds. The van der Waals surface area contributed by atoms with Gasteiger partial charge in [-0.05, 0) is 37.3 Å². The average molecular weight is 405 g/mol. The van der Waals surface area contributed by atoms with Gasteiger partial charge in [-0.25, -0.2) is 9.78 Å². The minimum absolute atomic E-state index is 0.0165. The molecule has 3 N–H and O–H groups in total. The molecule has 8 heteroatoms. The van der Waals surface area contributed by atoms with Gasteiger partial charge in [-0.2, -0.15) is 5.10 Å². The van der Waals surface area contributed by atoms with Crippen LogP contribution in [0.3, 0.4) is 0 Å². The summed E-state index contributed by atoms with van der Waals surface area (Å²) in [4.78, 5) is 16.6. The molecule has 0 saturated carbocycles. The molecule has 0 spiro atoms. The minimum atomic E-state index is -1.13. The van der Waals surface area contributed by atoms with Crippen LogP contribution in [-0.4, -0.2) is 45.1 Å². The van der Waals surface area contributed by atoms with Gasteiger partial charge in [0.2, 0.25) is 0 Å². The number of benzene rings is 2. The number of hydrogen-bond donors (Lipinski definition) is 3. The molecule has 0 aliphatic carbocycles. The number of fused-ring (bicyclic) bond motifs is 1. The van der Waals surface area contributed by atoms with Crippen molar-refractivity contribution in [1.82, 2.24) is 15.2 Å². The zero-order valence-corrected chi connectivity index (χ0v) is 16.3. The van der Waals surface area contributed by atoms with Crippen molar-refractivity contribution in [1.29, 1.82) is 0 Å². The molecular formula is C22H19N3O5. The lowest BCUT2D eigenvalue weighted by molar-refractivity contribution is 0.0699. The Morgan fingerprint density at radius 3 is 2.70 bits per heavy atom. The first-order chi connectivity index (χ1) is 14.5. The number of carboxylic acids is 1. The number of carbonyl (C=O) groups is 1. The normalized spacial score (nSPS) is 10.9. The van der Waals surface area contributed by atoms with E-state index in [0.29, 0.717) is 34.7 Å². The molecule has 0 saturated heterocycles. The van der Waals surface area contributed by atoms with Gasteiger partial charge in [0, 0.05) is 11.1 Å².